The lowest BCUT2D eigenvalue weighted by molar-refractivity contribution is 0.102. The summed E-state index contributed by atoms with van der Waals surface area (Å²) in [6.45, 7) is 0. The maximum atomic E-state index is 12.0. The predicted molar refractivity (Wildman–Crippen MR) is 83.6 cm³/mol. The van der Waals surface area contributed by atoms with Crippen molar-refractivity contribution in [3.63, 3.8) is 0 Å². The number of rotatable bonds is 3. The Kier molecular flexibility index (Phi) is 4.60. The normalized spacial score (nSPS) is 10.1. The van der Waals surface area contributed by atoms with E-state index >= 15 is 0 Å². The van der Waals surface area contributed by atoms with Gasteiger partial charge in [0.2, 0.25) is 0 Å². The van der Waals surface area contributed by atoms with Gasteiger partial charge in [-0.25, -0.2) is 0 Å². The van der Waals surface area contributed by atoms with E-state index in [0.717, 1.165) is 10.1 Å². The molecular weight excluding hydrogens is 361 g/mol. The van der Waals surface area contributed by atoms with Crippen molar-refractivity contribution in [2.24, 2.45) is 0 Å². The van der Waals surface area contributed by atoms with Crippen molar-refractivity contribution in [1.29, 1.82) is 0 Å². The molecule has 0 aliphatic rings. The number of anilines is 1. The molecule has 0 aromatic heterocycles. The third kappa shape index (κ3) is 3.46. The number of halogens is 2. The molecule has 2 aromatic carbocycles. The molecule has 18 heavy (non-hydrogen) atoms. The molecule has 0 atom stereocenters. The van der Waals surface area contributed by atoms with Gasteiger partial charge >= 0.3 is 0 Å². The number of carbonyl (C=O) groups excluding carboxylic acids is 1. The van der Waals surface area contributed by atoms with Gasteiger partial charge in [0.1, 0.15) is 0 Å². The van der Waals surface area contributed by atoms with Crippen molar-refractivity contribution in [1.82, 2.24) is 0 Å². The third-order valence-corrected chi connectivity index (χ3v) is 3.61. The van der Waals surface area contributed by atoms with Gasteiger partial charge in [-0.05, 0) is 42.0 Å². The van der Waals surface area contributed by atoms with Gasteiger partial charge in [0.15, 0.2) is 0 Å². The smallest absolute Gasteiger partial charge is 0.255 e. The first-order valence-corrected chi connectivity index (χ1v) is 7.31. The molecule has 0 heterocycles. The fourth-order valence-corrected chi connectivity index (χ4v) is 2.12. The van der Waals surface area contributed by atoms with Gasteiger partial charge in [0.25, 0.3) is 5.91 Å². The first kappa shape index (κ1) is 13.4. The predicted octanol–water partition coefficient (Wildman–Crippen LogP) is 4.53. The topological polar surface area (TPSA) is 29.1 Å². The molecule has 0 bridgehead atoms. The van der Waals surface area contributed by atoms with E-state index in [-0.39, 0.29) is 5.91 Å². The second-order valence-corrected chi connectivity index (χ2v) is 4.99. The Labute approximate surface area is 124 Å². The SMILES string of the molecule is O=C(Nc1ccc(Cl)cc1)c1ccc(CI)cc1. The molecule has 2 aromatic rings. The maximum absolute atomic E-state index is 12.0. The van der Waals surface area contributed by atoms with E-state index in [9.17, 15) is 4.79 Å². The summed E-state index contributed by atoms with van der Waals surface area (Å²) in [5.41, 5.74) is 2.60. The number of amides is 1. The van der Waals surface area contributed by atoms with Crippen LogP contribution in [0.15, 0.2) is 48.5 Å². The standard InChI is InChI=1S/C14H11ClINO/c15-12-5-7-13(8-6-12)17-14(18)11-3-1-10(9-16)2-4-11/h1-8H,9H2,(H,17,18). The van der Waals surface area contributed by atoms with Gasteiger partial charge in [0.05, 0.1) is 0 Å². The van der Waals surface area contributed by atoms with Gasteiger partial charge < -0.3 is 5.32 Å². The van der Waals surface area contributed by atoms with Gasteiger partial charge in [0, 0.05) is 20.7 Å². The van der Waals surface area contributed by atoms with Crippen molar-refractivity contribution in [3.05, 3.63) is 64.7 Å². The van der Waals surface area contributed by atoms with Crippen LogP contribution < -0.4 is 5.32 Å². The van der Waals surface area contributed by atoms with Gasteiger partial charge in [-0.1, -0.05) is 46.3 Å². The van der Waals surface area contributed by atoms with Gasteiger partial charge in [-0.2, -0.15) is 0 Å². The number of nitrogens with one attached hydrogen (secondary N) is 1. The minimum Gasteiger partial charge on any atom is -0.322 e. The zero-order valence-electron chi connectivity index (χ0n) is 9.49. The van der Waals surface area contributed by atoms with Crippen LogP contribution in [0.3, 0.4) is 0 Å². The van der Waals surface area contributed by atoms with Crippen LogP contribution in [0, 0.1) is 0 Å². The lowest BCUT2D eigenvalue weighted by Crippen LogP contribution is -2.11. The van der Waals surface area contributed by atoms with E-state index in [0.29, 0.717) is 10.6 Å². The molecule has 0 saturated heterocycles. The Balaban J connectivity index is 2.09. The number of carbonyl (C=O) groups is 1. The van der Waals surface area contributed by atoms with Gasteiger partial charge in [-0.15, -0.1) is 0 Å². The lowest BCUT2D eigenvalue weighted by atomic mass is 10.1. The molecule has 0 saturated carbocycles. The van der Waals surface area contributed by atoms with Crippen LogP contribution in [0.1, 0.15) is 15.9 Å². The Morgan fingerprint density at radius 1 is 1.06 bits per heavy atom. The van der Waals surface area contributed by atoms with E-state index in [4.69, 9.17) is 11.6 Å². The molecule has 0 spiro atoms. The molecule has 2 nitrogen and oxygen atoms in total. The Morgan fingerprint density at radius 3 is 2.22 bits per heavy atom. The number of alkyl halides is 1. The molecule has 0 radical (unpaired) electrons. The van der Waals surface area contributed by atoms with E-state index in [1.165, 1.54) is 5.56 Å². The Hall–Kier alpha value is -1.07. The van der Waals surface area contributed by atoms with Crippen molar-refractivity contribution >= 4 is 45.8 Å². The second kappa shape index (κ2) is 6.20. The van der Waals surface area contributed by atoms with E-state index in [1.807, 2.05) is 24.3 Å². The Bertz CT molecular complexity index is 537. The maximum Gasteiger partial charge on any atom is 0.255 e. The van der Waals surface area contributed by atoms with E-state index in [1.54, 1.807) is 24.3 Å². The monoisotopic (exact) mass is 371 g/mol. The average molecular weight is 372 g/mol. The van der Waals surface area contributed by atoms with Crippen LogP contribution in [-0.4, -0.2) is 5.91 Å². The van der Waals surface area contributed by atoms with Crippen molar-refractivity contribution in [2.75, 3.05) is 5.32 Å². The number of benzene rings is 2. The minimum atomic E-state index is -0.114. The summed E-state index contributed by atoms with van der Waals surface area (Å²) in [6, 6.07) is 14.6. The fraction of sp³-hybridized carbons (Fsp3) is 0.0714. The summed E-state index contributed by atoms with van der Waals surface area (Å²) >= 11 is 8.08. The van der Waals surface area contributed by atoms with Crippen LogP contribution in [0.2, 0.25) is 5.02 Å². The number of hydrogen-bond acceptors (Lipinski definition) is 1. The highest BCUT2D eigenvalue weighted by Crippen LogP contribution is 2.15. The van der Waals surface area contributed by atoms with Gasteiger partial charge in [-0.3, -0.25) is 4.79 Å². The first-order valence-electron chi connectivity index (χ1n) is 5.41. The van der Waals surface area contributed by atoms with Crippen molar-refractivity contribution in [3.8, 4) is 0 Å². The van der Waals surface area contributed by atoms with Crippen molar-refractivity contribution < 1.29 is 4.79 Å². The van der Waals surface area contributed by atoms with E-state index in [2.05, 4.69) is 27.9 Å². The van der Waals surface area contributed by atoms with Crippen LogP contribution in [0.4, 0.5) is 5.69 Å². The average Bonchev–Trinajstić information content (AvgIpc) is 2.41. The molecule has 1 amide bonds. The second-order valence-electron chi connectivity index (χ2n) is 3.79. The first-order chi connectivity index (χ1) is 8.69. The highest BCUT2D eigenvalue weighted by molar-refractivity contribution is 14.1. The molecule has 0 aliphatic heterocycles. The minimum absolute atomic E-state index is 0.114. The molecule has 1 N–H and O–H groups in total. The molecule has 4 heteroatoms. The highest BCUT2D eigenvalue weighted by atomic mass is 127. The summed E-state index contributed by atoms with van der Waals surface area (Å²) in [7, 11) is 0. The zero-order chi connectivity index (χ0) is 13.0. The van der Waals surface area contributed by atoms with Crippen molar-refractivity contribution in [2.45, 2.75) is 4.43 Å². The van der Waals surface area contributed by atoms with E-state index < -0.39 is 0 Å². The molecule has 2 rings (SSSR count). The summed E-state index contributed by atoms with van der Waals surface area (Å²) < 4.78 is 0.941. The van der Waals surface area contributed by atoms with Crippen LogP contribution >= 0.6 is 34.2 Å². The largest absolute Gasteiger partial charge is 0.322 e. The number of hydrogen-bond donors (Lipinski definition) is 1. The summed E-state index contributed by atoms with van der Waals surface area (Å²) in [6.07, 6.45) is 0. The molecule has 0 unspecified atom stereocenters. The quantitative estimate of drug-likeness (QED) is 0.623. The summed E-state index contributed by atoms with van der Waals surface area (Å²) in [4.78, 5) is 12.0. The fourth-order valence-electron chi connectivity index (χ4n) is 1.48. The lowest BCUT2D eigenvalue weighted by Gasteiger charge is -2.05. The third-order valence-electron chi connectivity index (χ3n) is 2.47. The highest BCUT2D eigenvalue weighted by Gasteiger charge is 2.05. The van der Waals surface area contributed by atoms with Crippen LogP contribution in [-0.2, 0) is 4.43 Å². The molecule has 0 fully saturated rings. The molecule has 92 valence electrons. The molecule has 0 aliphatic carbocycles. The Morgan fingerprint density at radius 2 is 1.67 bits per heavy atom. The summed E-state index contributed by atoms with van der Waals surface area (Å²) in [5.74, 6) is -0.114. The zero-order valence-corrected chi connectivity index (χ0v) is 12.4. The van der Waals surface area contributed by atoms with Crippen LogP contribution in [0.5, 0.6) is 0 Å². The van der Waals surface area contributed by atoms with Crippen LogP contribution in [0.25, 0.3) is 0 Å². The summed E-state index contributed by atoms with van der Waals surface area (Å²) in [5, 5.41) is 3.48. The molecular formula is C14H11ClINO.